The highest BCUT2D eigenvalue weighted by Crippen LogP contribution is 2.57. The molecule has 1 aliphatic carbocycles. The van der Waals surface area contributed by atoms with Gasteiger partial charge in [0.1, 0.15) is 7.85 Å². The quantitative estimate of drug-likeness (QED) is 0.140. The molecule has 2 radical (unpaired) electrons. The van der Waals surface area contributed by atoms with E-state index in [1.807, 2.05) is 11.3 Å². The molecule has 2 aromatic rings. The number of aliphatic hydroxyl groups is 2. The summed E-state index contributed by atoms with van der Waals surface area (Å²) >= 11 is 3.67. The maximum Gasteiger partial charge on any atom is 0.505 e. The summed E-state index contributed by atoms with van der Waals surface area (Å²) in [5.74, 6) is 0. The first-order chi connectivity index (χ1) is 20.9. The zero-order chi connectivity index (χ0) is 33.7. The smallest absolute Gasteiger partial charge is 0.399 e. The first-order valence-electron chi connectivity index (χ1n) is 17.7. The lowest BCUT2D eigenvalue weighted by Gasteiger charge is -2.32. The van der Waals surface area contributed by atoms with Gasteiger partial charge < -0.3 is 19.5 Å². The van der Waals surface area contributed by atoms with E-state index in [2.05, 4.69) is 53.7 Å². The van der Waals surface area contributed by atoms with Gasteiger partial charge in [-0.05, 0) is 90.2 Å². The molecular weight excluding hydrogens is 594 g/mol. The van der Waals surface area contributed by atoms with Crippen LogP contribution in [-0.2, 0) is 14.7 Å². The third kappa shape index (κ3) is 9.29. The van der Waals surface area contributed by atoms with E-state index in [0.29, 0.717) is 0 Å². The number of fused-ring (bicyclic) bond motifs is 3. The predicted molar refractivity (Wildman–Crippen MR) is 198 cm³/mol. The van der Waals surface area contributed by atoms with Crippen molar-refractivity contribution >= 4 is 47.2 Å². The van der Waals surface area contributed by atoms with E-state index in [1.165, 1.54) is 116 Å². The van der Waals surface area contributed by atoms with Crippen LogP contribution >= 0.6 is 22.7 Å². The molecule has 3 heterocycles. The average molecular weight is 657 g/mol. The van der Waals surface area contributed by atoms with Gasteiger partial charge in [0.2, 0.25) is 0 Å². The lowest BCUT2D eigenvalue weighted by atomic mass is 9.70. The molecule has 2 aromatic heterocycles. The Morgan fingerprint density at radius 1 is 0.667 bits per heavy atom. The molecule has 0 atom stereocenters. The normalized spacial score (nSPS) is 18.1. The third-order valence-electron chi connectivity index (χ3n) is 10.6. The monoisotopic (exact) mass is 656 g/mol. The van der Waals surface area contributed by atoms with E-state index in [4.69, 9.17) is 27.4 Å². The molecule has 1 fully saturated rings. The molecule has 0 aromatic carbocycles. The Bertz CT molecular complexity index is 1160. The zero-order valence-electron chi connectivity index (χ0n) is 30.2. The van der Waals surface area contributed by atoms with Gasteiger partial charge in [0, 0.05) is 19.9 Å². The summed E-state index contributed by atoms with van der Waals surface area (Å²) < 4.78 is 15.1. The molecule has 0 saturated carbocycles. The fourth-order valence-corrected chi connectivity index (χ4v) is 8.57. The number of hydrogen-bond acceptors (Lipinski definition) is 6. The molecule has 2 aliphatic rings. The van der Waals surface area contributed by atoms with E-state index >= 15 is 0 Å². The van der Waals surface area contributed by atoms with E-state index in [0.717, 1.165) is 4.78 Å². The zero-order valence-corrected chi connectivity index (χ0v) is 31.9. The van der Waals surface area contributed by atoms with Gasteiger partial charge in [-0.3, -0.25) is 0 Å². The highest BCUT2D eigenvalue weighted by atomic mass is 32.1. The second-order valence-electron chi connectivity index (χ2n) is 15.6. The van der Waals surface area contributed by atoms with Crippen molar-refractivity contribution < 1.29 is 19.5 Å². The molecule has 4 rings (SSSR count). The number of unbranched alkanes of at least 4 members (excludes halogenated alkanes) is 10. The van der Waals surface area contributed by atoms with Crippen LogP contribution in [0.2, 0.25) is 0 Å². The number of rotatable bonds is 16. The van der Waals surface area contributed by atoms with Crippen LogP contribution in [0.3, 0.4) is 0 Å². The molecule has 0 spiro atoms. The molecule has 0 amide bonds. The van der Waals surface area contributed by atoms with Crippen LogP contribution in [0.1, 0.15) is 170 Å². The maximum absolute atomic E-state index is 9.10. The van der Waals surface area contributed by atoms with E-state index in [9.17, 15) is 0 Å². The van der Waals surface area contributed by atoms with Crippen LogP contribution in [-0.4, -0.2) is 47.6 Å². The fraction of sp³-hybridized carbons (Fsp3) is 0.784. The van der Waals surface area contributed by atoms with Crippen molar-refractivity contribution in [3.05, 3.63) is 23.3 Å². The Morgan fingerprint density at radius 3 is 1.51 bits per heavy atom. The molecule has 1 aliphatic heterocycles. The molecule has 0 unspecified atom stereocenters. The van der Waals surface area contributed by atoms with Gasteiger partial charge in [-0.2, -0.15) is 11.3 Å². The van der Waals surface area contributed by atoms with E-state index < -0.39 is 11.2 Å². The fourth-order valence-electron chi connectivity index (χ4n) is 6.17. The van der Waals surface area contributed by atoms with Gasteiger partial charge in [0.25, 0.3) is 0 Å². The summed E-state index contributed by atoms with van der Waals surface area (Å²) in [7, 11) is 6.17. The van der Waals surface area contributed by atoms with Gasteiger partial charge in [-0.15, -0.1) is 11.3 Å². The molecule has 1 saturated heterocycles. The largest absolute Gasteiger partial charge is 0.505 e. The van der Waals surface area contributed by atoms with Crippen LogP contribution in [0.25, 0.3) is 9.75 Å². The van der Waals surface area contributed by atoms with Crippen molar-refractivity contribution in [3.63, 3.8) is 0 Å². The molecule has 252 valence electrons. The Balaban J connectivity index is 0.000000610. The van der Waals surface area contributed by atoms with Gasteiger partial charge in [-0.1, -0.05) is 97.0 Å². The Labute approximate surface area is 285 Å². The minimum absolute atomic E-state index is 0.0900. The molecule has 0 bridgehead atoms. The van der Waals surface area contributed by atoms with E-state index in [1.54, 1.807) is 39.0 Å². The van der Waals surface area contributed by atoms with Gasteiger partial charge in [0.15, 0.2) is 0 Å². The topological polar surface area (TPSA) is 58.9 Å². The average Bonchev–Trinajstić information content (AvgIpc) is 3.63. The Morgan fingerprint density at radius 2 is 1.07 bits per heavy atom. The molecule has 8 heteroatoms. The Hall–Kier alpha value is -0.630. The van der Waals surface area contributed by atoms with Crippen LogP contribution in [0, 0.1) is 0 Å². The highest BCUT2D eigenvalue weighted by Gasteiger charge is 2.54. The lowest BCUT2D eigenvalue weighted by molar-refractivity contribution is -0.107. The number of thiophene rings is 2. The summed E-state index contributed by atoms with van der Waals surface area (Å²) in [5, 5.41) is 18.2. The standard InChI is InChI=1S/C31H48B2O2S2.C6H14O2/c1-7-9-11-13-15-17-19-31(20-18-16-14-12-10-8-2)23-21-25(32)36-27(23)28-24(31)22-26(37-28)33-34-29(3,4)30(5,6)35-33;1-5(2,7)6(3,4)8/h21-22H,7-20H2,1-6H3;7-8H,1-4H3. The third-order valence-corrected chi connectivity index (χ3v) is 12.9. The van der Waals surface area contributed by atoms with Crippen molar-refractivity contribution in [2.45, 2.75) is 187 Å². The summed E-state index contributed by atoms with van der Waals surface area (Å²) in [6, 6.07) is 4.77. The number of hydrogen-bond donors (Lipinski definition) is 2. The molecule has 4 nitrogen and oxygen atoms in total. The highest BCUT2D eigenvalue weighted by molar-refractivity contribution is 7.30. The van der Waals surface area contributed by atoms with Crippen molar-refractivity contribution in [1.29, 1.82) is 0 Å². The van der Waals surface area contributed by atoms with Crippen LogP contribution in [0.5, 0.6) is 0 Å². The lowest BCUT2D eigenvalue weighted by Crippen LogP contribution is -2.44. The second-order valence-corrected chi connectivity index (χ2v) is 17.8. The van der Waals surface area contributed by atoms with E-state index in [-0.39, 0.29) is 23.7 Å². The van der Waals surface area contributed by atoms with Crippen LogP contribution in [0.4, 0.5) is 0 Å². The first-order valence-corrected chi connectivity index (χ1v) is 19.4. The minimum Gasteiger partial charge on any atom is -0.399 e. The van der Waals surface area contributed by atoms with Crippen LogP contribution < -0.4 is 9.55 Å². The SMILES string of the molecule is CC(C)(O)C(C)(C)O.[B]c1cc2c(s1)-c1sc(B3OC(C)(C)C(C)(C)O3)cc1C2(CCCCCCCC)CCCCCCCC. The van der Waals surface area contributed by atoms with Crippen molar-refractivity contribution in [2.24, 2.45) is 0 Å². The Kier molecular flexibility index (Phi) is 13.6. The molecular formula is C37H62B2O4S2. The maximum atomic E-state index is 9.10. The summed E-state index contributed by atoms with van der Waals surface area (Å²) in [5.41, 5.74) is 0.480. The van der Waals surface area contributed by atoms with Gasteiger partial charge in [-0.25, -0.2) is 0 Å². The van der Waals surface area contributed by atoms with Crippen molar-refractivity contribution in [3.8, 4) is 9.75 Å². The first kappa shape index (κ1) is 38.8. The van der Waals surface area contributed by atoms with Gasteiger partial charge >= 0.3 is 7.12 Å². The van der Waals surface area contributed by atoms with Gasteiger partial charge in [0.05, 0.1) is 22.4 Å². The second kappa shape index (κ2) is 15.7. The van der Waals surface area contributed by atoms with Crippen LogP contribution in [0.15, 0.2) is 12.1 Å². The summed E-state index contributed by atoms with van der Waals surface area (Å²) in [6.45, 7) is 19.5. The summed E-state index contributed by atoms with van der Waals surface area (Å²) in [4.78, 5) is 2.84. The van der Waals surface area contributed by atoms with Crippen molar-refractivity contribution in [2.75, 3.05) is 0 Å². The predicted octanol–water partition coefficient (Wildman–Crippen LogP) is 9.20. The van der Waals surface area contributed by atoms with Crippen molar-refractivity contribution in [1.82, 2.24) is 0 Å². The minimum atomic E-state index is -1.01. The molecule has 2 N–H and O–H groups in total. The molecule has 45 heavy (non-hydrogen) atoms. The summed E-state index contributed by atoms with van der Waals surface area (Å²) in [6.07, 6.45) is 18.5.